The van der Waals surface area contributed by atoms with E-state index >= 15 is 0 Å². The van der Waals surface area contributed by atoms with Gasteiger partial charge in [-0.2, -0.15) is 0 Å². The third-order valence-corrected chi connectivity index (χ3v) is 2.55. The van der Waals surface area contributed by atoms with Crippen LogP contribution in [0.25, 0.3) is 22.5 Å². The minimum Gasteiger partial charge on any atom is -0.239 e. The fourth-order valence-electron chi connectivity index (χ4n) is 1.77. The van der Waals surface area contributed by atoms with Crippen molar-refractivity contribution in [3.05, 3.63) is 54.6 Å². The molecule has 1 heterocycles. The summed E-state index contributed by atoms with van der Waals surface area (Å²) in [4.78, 5) is 0. The van der Waals surface area contributed by atoms with Gasteiger partial charge in [-0.1, -0.05) is 36.4 Å². The van der Waals surface area contributed by atoms with E-state index in [1.165, 1.54) is 0 Å². The van der Waals surface area contributed by atoms with Crippen LogP contribution in [0.2, 0.25) is 0 Å². The van der Waals surface area contributed by atoms with Crippen molar-refractivity contribution in [1.29, 1.82) is 0 Å². The molecule has 0 aliphatic heterocycles. The predicted octanol–water partition coefficient (Wildman–Crippen LogP) is 2.33. The largest absolute Gasteiger partial charge is 0.239 e. The Morgan fingerprint density at radius 3 is 2.65 bits per heavy atom. The number of tetrazole rings is 1. The highest BCUT2D eigenvalue weighted by Gasteiger charge is 2.08. The second-order valence-electron chi connectivity index (χ2n) is 3.59. The van der Waals surface area contributed by atoms with Crippen LogP contribution in [0, 0.1) is 6.07 Å². The minimum absolute atomic E-state index is 0.665. The molecule has 0 atom stereocenters. The number of H-pyrrole nitrogens is 1. The lowest BCUT2D eigenvalue weighted by atomic mass is 9.99. The van der Waals surface area contributed by atoms with E-state index in [0.717, 1.165) is 16.7 Å². The maximum atomic E-state index is 3.94. The third kappa shape index (κ3) is 1.80. The molecule has 0 fully saturated rings. The first kappa shape index (κ1) is 9.72. The molecule has 0 spiro atoms. The van der Waals surface area contributed by atoms with Crippen LogP contribution >= 0.6 is 0 Å². The number of rotatable bonds is 2. The van der Waals surface area contributed by atoms with E-state index in [9.17, 15) is 0 Å². The first-order valence-corrected chi connectivity index (χ1v) is 5.25. The Morgan fingerprint density at radius 2 is 1.88 bits per heavy atom. The molecule has 0 aliphatic carbocycles. The summed E-state index contributed by atoms with van der Waals surface area (Å²) in [5.74, 6) is 0.665. The van der Waals surface area contributed by atoms with Gasteiger partial charge in [-0.3, -0.25) is 0 Å². The molecule has 1 radical (unpaired) electrons. The molecule has 1 aromatic heterocycles. The lowest BCUT2D eigenvalue weighted by Crippen LogP contribution is -1.86. The van der Waals surface area contributed by atoms with Gasteiger partial charge < -0.3 is 0 Å². The Hall–Kier alpha value is -2.49. The molecular weight excluding hydrogens is 212 g/mol. The number of aromatic amines is 1. The zero-order chi connectivity index (χ0) is 11.5. The van der Waals surface area contributed by atoms with E-state index in [-0.39, 0.29) is 0 Å². The molecule has 0 amide bonds. The van der Waals surface area contributed by atoms with Crippen LogP contribution in [0.5, 0.6) is 0 Å². The molecule has 4 heteroatoms. The Labute approximate surface area is 98.3 Å². The van der Waals surface area contributed by atoms with Crippen molar-refractivity contribution in [1.82, 2.24) is 20.6 Å². The van der Waals surface area contributed by atoms with Crippen LogP contribution in [-0.4, -0.2) is 20.6 Å². The van der Waals surface area contributed by atoms with Gasteiger partial charge in [0.2, 0.25) is 0 Å². The summed E-state index contributed by atoms with van der Waals surface area (Å²) >= 11 is 0. The molecule has 3 aromatic rings. The predicted molar refractivity (Wildman–Crippen MR) is 63.9 cm³/mol. The van der Waals surface area contributed by atoms with Crippen molar-refractivity contribution >= 4 is 0 Å². The highest BCUT2D eigenvalue weighted by molar-refractivity contribution is 5.79. The summed E-state index contributed by atoms with van der Waals surface area (Å²) in [7, 11) is 0. The molecule has 0 bridgehead atoms. The minimum atomic E-state index is 0.665. The normalized spacial score (nSPS) is 10.4. The smallest absolute Gasteiger partial charge is 0.180 e. The Kier molecular flexibility index (Phi) is 2.38. The summed E-state index contributed by atoms with van der Waals surface area (Å²) in [6.07, 6.45) is 0. The number of benzene rings is 2. The van der Waals surface area contributed by atoms with Crippen molar-refractivity contribution in [2.24, 2.45) is 0 Å². The fraction of sp³-hybridized carbons (Fsp3) is 0. The van der Waals surface area contributed by atoms with Crippen molar-refractivity contribution in [2.75, 3.05) is 0 Å². The van der Waals surface area contributed by atoms with Gasteiger partial charge in [0.05, 0.1) is 0 Å². The molecule has 0 aliphatic rings. The molecule has 2 aromatic carbocycles. The first-order chi connectivity index (χ1) is 8.45. The van der Waals surface area contributed by atoms with Gasteiger partial charge in [-0.25, -0.2) is 5.10 Å². The summed E-state index contributed by atoms with van der Waals surface area (Å²) in [5.41, 5.74) is 3.15. The standard InChI is InChI=1S/C13H9N4/c1-2-6-10(7-3-1)11-8-4-5-9-12(11)13-14-16-17-15-13/h1-3,5-9H,(H,14,15,16,17). The second-order valence-corrected chi connectivity index (χ2v) is 3.59. The summed E-state index contributed by atoms with van der Waals surface area (Å²) in [6, 6.07) is 18.9. The fourth-order valence-corrected chi connectivity index (χ4v) is 1.77. The third-order valence-electron chi connectivity index (χ3n) is 2.55. The molecule has 1 N–H and O–H groups in total. The molecule has 0 unspecified atom stereocenters. The quantitative estimate of drug-likeness (QED) is 0.722. The highest BCUT2D eigenvalue weighted by Crippen LogP contribution is 2.28. The lowest BCUT2D eigenvalue weighted by molar-refractivity contribution is 0.881. The molecule has 4 nitrogen and oxygen atoms in total. The summed E-state index contributed by atoms with van der Waals surface area (Å²) in [6.45, 7) is 0. The number of nitrogens with zero attached hydrogens (tertiary/aromatic N) is 3. The van der Waals surface area contributed by atoms with Crippen LogP contribution in [0.3, 0.4) is 0 Å². The van der Waals surface area contributed by atoms with Gasteiger partial charge in [0.15, 0.2) is 5.82 Å². The molecular formula is C13H9N4. The van der Waals surface area contributed by atoms with Gasteiger partial charge in [-0.15, -0.1) is 5.10 Å². The number of aromatic nitrogens is 4. The second kappa shape index (κ2) is 4.17. The Bertz CT molecular complexity index is 602. The van der Waals surface area contributed by atoms with Crippen molar-refractivity contribution < 1.29 is 0 Å². The van der Waals surface area contributed by atoms with E-state index in [1.54, 1.807) is 0 Å². The van der Waals surface area contributed by atoms with E-state index in [1.807, 2.05) is 36.4 Å². The molecule has 17 heavy (non-hydrogen) atoms. The van der Waals surface area contributed by atoms with E-state index in [4.69, 9.17) is 0 Å². The maximum Gasteiger partial charge on any atom is 0.180 e. The van der Waals surface area contributed by atoms with Crippen LogP contribution < -0.4 is 0 Å². The van der Waals surface area contributed by atoms with Crippen LogP contribution in [0.4, 0.5) is 0 Å². The molecule has 3 rings (SSSR count). The van der Waals surface area contributed by atoms with Gasteiger partial charge in [0.1, 0.15) is 0 Å². The summed E-state index contributed by atoms with van der Waals surface area (Å²) in [5, 5.41) is 13.9. The van der Waals surface area contributed by atoms with E-state index in [2.05, 4.69) is 38.8 Å². The van der Waals surface area contributed by atoms with E-state index < -0.39 is 0 Å². The van der Waals surface area contributed by atoms with Gasteiger partial charge >= 0.3 is 0 Å². The topological polar surface area (TPSA) is 54.5 Å². The zero-order valence-electron chi connectivity index (χ0n) is 8.96. The first-order valence-electron chi connectivity index (χ1n) is 5.25. The highest BCUT2D eigenvalue weighted by atomic mass is 15.5. The maximum absolute atomic E-state index is 3.94. The number of nitrogens with one attached hydrogen (secondary N) is 1. The van der Waals surface area contributed by atoms with Crippen LogP contribution in [0.1, 0.15) is 0 Å². The number of hydrogen-bond donors (Lipinski definition) is 1. The van der Waals surface area contributed by atoms with Crippen LogP contribution in [0.15, 0.2) is 48.5 Å². The monoisotopic (exact) mass is 221 g/mol. The molecule has 0 saturated carbocycles. The molecule has 0 saturated heterocycles. The van der Waals surface area contributed by atoms with E-state index in [0.29, 0.717) is 5.82 Å². The molecule has 81 valence electrons. The SMILES string of the molecule is [c]1ccc(-c2nnn[nH]2)c(-c2ccccc2)c1. The average Bonchev–Trinajstić information content (AvgIpc) is 2.94. The van der Waals surface area contributed by atoms with Crippen molar-refractivity contribution in [3.63, 3.8) is 0 Å². The van der Waals surface area contributed by atoms with Crippen molar-refractivity contribution in [3.8, 4) is 22.5 Å². The van der Waals surface area contributed by atoms with Gasteiger partial charge in [0.25, 0.3) is 0 Å². The average molecular weight is 221 g/mol. The van der Waals surface area contributed by atoms with Crippen molar-refractivity contribution in [2.45, 2.75) is 0 Å². The number of hydrogen-bond acceptors (Lipinski definition) is 3. The summed E-state index contributed by atoms with van der Waals surface area (Å²) < 4.78 is 0. The van der Waals surface area contributed by atoms with Crippen LogP contribution in [-0.2, 0) is 0 Å². The lowest BCUT2D eigenvalue weighted by Gasteiger charge is -2.05. The zero-order valence-corrected chi connectivity index (χ0v) is 8.96. The van der Waals surface area contributed by atoms with Gasteiger partial charge in [-0.05, 0) is 39.8 Å². The van der Waals surface area contributed by atoms with Gasteiger partial charge in [0, 0.05) is 5.56 Å². The Balaban J connectivity index is 2.18. The Morgan fingerprint density at radius 1 is 1.00 bits per heavy atom.